The Morgan fingerprint density at radius 3 is 2.56 bits per heavy atom. The Morgan fingerprint density at radius 2 is 2.06 bits per heavy atom. The van der Waals surface area contributed by atoms with Gasteiger partial charge >= 0.3 is 0 Å². The van der Waals surface area contributed by atoms with Crippen molar-refractivity contribution in [3.8, 4) is 0 Å². The van der Waals surface area contributed by atoms with Crippen LogP contribution in [-0.2, 0) is 10.2 Å². The Labute approximate surface area is 98.0 Å². The van der Waals surface area contributed by atoms with Crippen LogP contribution in [0, 0.1) is 5.92 Å². The molecule has 0 spiro atoms. The summed E-state index contributed by atoms with van der Waals surface area (Å²) in [7, 11) is -3.37. The highest BCUT2D eigenvalue weighted by atomic mass is 32.2. The molecular formula is C10H22N2O3S. The molecule has 1 unspecified atom stereocenters. The monoisotopic (exact) mass is 250 g/mol. The van der Waals surface area contributed by atoms with E-state index >= 15 is 0 Å². The molecule has 0 aliphatic carbocycles. The number of rotatable bonds is 4. The molecule has 0 saturated carbocycles. The summed E-state index contributed by atoms with van der Waals surface area (Å²) in [6, 6.07) is 0. The van der Waals surface area contributed by atoms with Crippen molar-refractivity contribution in [2.24, 2.45) is 5.92 Å². The number of aliphatic hydroxyl groups excluding tert-OH is 1. The van der Waals surface area contributed by atoms with Crippen molar-refractivity contribution >= 4 is 10.2 Å². The van der Waals surface area contributed by atoms with Crippen LogP contribution in [0.25, 0.3) is 0 Å². The molecule has 0 amide bonds. The fourth-order valence-electron chi connectivity index (χ4n) is 1.89. The number of aliphatic hydroxyl groups is 1. The second-order valence-corrected chi connectivity index (χ2v) is 7.05. The topological polar surface area (TPSA) is 69.6 Å². The van der Waals surface area contributed by atoms with Crippen LogP contribution in [0.2, 0.25) is 0 Å². The molecule has 0 radical (unpaired) electrons. The maximum absolute atomic E-state index is 12.0. The maximum Gasteiger partial charge on any atom is 0.279 e. The van der Waals surface area contributed by atoms with Gasteiger partial charge in [0.2, 0.25) is 0 Å². The zero-order chi connectivity index (χ0) is 12.4. The zero-order valence-corrected chi connectivity index (χ0v) is 11.0. The minimum atomic E-state index is -3.37. The second kappa shape index (κ2) is 5.00. The third-order valence-corrected chi connectivity index (χ3v) is 4.44. The molecule has 0 aromatic rings. The van der Waals surface area contributed by atoms with Gasteiger partial charge in [-0.3, -0.25) is 0 Å². The molecule has 96 valence electrons. The summed E-state index contributed by atoms with van der Waals surface area (Å²) >= 11 is 0. The van der Waals surface area contributed by atoms with E-state index in [4.69, 9.17) is 5.11 Å². The highest BCUT2D eigenvalue weighted by Gasteiger charge is 2.33. The Hall–Kier alpha value is -0.170. The summed E-state index contributed by atoms with van der Waals surface area (Å²) in [5.74, 6) is 0.293. The normalized spacial score (nSPS) is 23.9. The van der Waals surface area contributed by atoms with Gasteiger partial charge in [0, 0.05) is 25.2 Å². The van der Waals surface area contributed by atoms with Crippen molar-refractivity contribution in [1.29, 1.82) is 0 Å². The Kier molecular flexibility index (Phi) is 4.34. The lowest BCUT2D eigenvalue weighted by molar-refractivity contribution is 0.259. The van der Waals surface area contributed by atoms with Gasteiger partial charge in [0.1, 0.15) is 0 Å². The fraction of sp³-hybridized carbons (Fsp3) is 1.00. The number of hydrogen-bond donors (Lipinski definition) is 2. The number of nitrogens with one attached hydrogen (secondary N) is 1. The highest BCUT2D eigenvalue weighted by Crippen LogP contribution is 2.22. The van der Waals surface area contributed by atoms with Crippen LogP contribution in [0.4, 0.5) is 0 Å². The molecule has 1 atom stereocenters. The fourth-order valence-corrected chi connectivity index (χ4v) is 3.54. The predicted octanol–water partition coefficient (Wildman–Crippen LogP) is 0.324. The summed E-state index contributed by atoms with van der Waals surface area (Å²) in [4.78, 5) is 0. The van der Waals surface area contributed by atoms with Gasteiger partial charge < -0.3 is 5.11 Å². The zero-order valence-electron chi connectivity index (χ0n) is 10.2. The molecule has 1 rings (SSSR count). The molecule has 1 aliphatic heterocycles. The summed E-state index contributed by atoms with van der Waals surface area (Å²) in [5, 5.41) is 8.82. The average Bonchev–Trinajstić information content (AvgIpc) is 2.49. The van der Waals surface area contributed by atoms with Gasteiger partial charge in [-0.05, 0) is 39.5 Å². The Balaban J connectivity index is 2.59. The molecule has 1 saturated heterocycles. The van der Waals surface area contributed by atoms with E-state index in [1.165, 1.54) is 4.31 Å². The van der Waals surface area contributed by atoms with Crippen LogP contribution in [0.3, 0.4) is 0 Å². The molecule has 1 heterocycles. The molecule has 0 bridgehead atoms. The van der Waals surface area contributed by atoms with E-state index in [1.54, 1.807) is 0 Å². The maximum atomic E-state index is 12.0. The lowest BCUT2D eigenvalue weighted by atomic mass is 10.1. The van der Waals surface area contributed by atoms with Gasteiger partial charge in [-0.15, -0.1) is 0 Å². The predicted molar refractivity (Wildman–Crippen MR) is 63.2 cm³/mol. The van der Waals surface area contributed by atoms with Crippen LogP contribution in [0.5, 0.6) is 0 Å². The molecular weight excluding hydrogens is 228 g/mol. The van der Waals surface area contributed by atoms with E-state index in [1.807, 2.05) is 20.8 Å². The molecule has 1 fully saturated rings. The molecule has 1 aliphatic rings. The van der Waals surface area contributed by atoms with E-state index < -0.39 is 15.7 Å². The van der Waals surface area contributed by atoms with Crippen LogP contribution >= 0.6 is 0 Å². The third kappa shape index (κ3) is 4.01. The van der Waals surface area contributed by atoms with Gasteiger partial charge in [-0.1, -0.05) is 0 Å². The van der Waals surface area contributed by atoms with E-state index in [0.29, 0.717) is 25.4 Å². The van der Waals surface area contributed by atoms with Crippen molar-refractivity contribution in [2.45, 2.75) is 39.2 Å². The molecule has 16 heavy (non-hydrogen) atoms. The first-order valence-corrected chi connectivity index (χ1v) is 7.08. The van der Waals surface area contributed by atoms with Crippen LogP contribution < -0.4 is 4.72 Å². The Bertz CT molecular complexity index is 321. The molecule has 2 N–H and O–H groups in total. The van der Waals surface area contributed by atoms with Gasteiger partial charge in [-0.25, -0.2) is 0 Å². The second-order valence-electron chi connectivity index (χ2n) is 5.38. The first-order valence-electron chi connectivity index (χ1n) is 5.64. The largest absolute Gasteiger partial charge is 0.396 e. The van der Waals surface area contributed by atoms with Gasteiger partial charge in [0.25, 0.3) is 10.2 Å². The minimum absolute atomic E-state index is 0.130. The average molecular weight is 250 g/mol. The smallest absolute Gasteiger partial charge is 0.279 e. The van der Waals surface area contributed by atoms with Crippen LogP contribution in [-0.4, -0.2) is 43.1 Å². The van der Waals surface area contributed by atoms with Crippen LogP contribution in [0.15, 0.2) is 0 Å². The summed E-state index contributed by atoms with van der Waals surface area (Å²) in [6.45, 7) is 6.68. The first kappa shape index (κ1) is 13.9. The van der Waals surface area contributed by atoms with Gasteiger partial charge in [0.05, 0.1) is 0 Å². The van der Waals surface area contributed by atoms with Crippen LogP contribution in [0.1, 0.15) is 33.6 Å². The highest BCUT2D eigenvalue weighted by molar-refractivity contribution is 7.87. The summed E-state index contributed by atoms with van der Waals surface area (Å²) in [6.07, 6.45) is 1.52. The van der Waals surface area contributed by atoms with E-state index in [2.05, 4.69) is 4.72 Å². The molecule has 6 heteroatoms. The lowest BCUT2D eigenvalue weighted by Gasteiger charge is -2.25. The van der Waals surface area contributed by atoms with E-state index in [9.17, 15) is 8.42 Å². The Morgan fingerprint density at radius 1 is 1.44 bits per heavy atom. The van der Waals surface area contributed by atoms with E-state index in [-0.39, 0.29) is 6.61 Å². The summed E-state index contributed by atoms with van der Waals surface area (Å²) < 4.78 is 28.0. The van der Waals surface area contributed by atoms with Crippen molar-refractivity contribution < 1.29 is 13.5 Å². The van der Waals surface area contributed by atoms with Crippen molar-refractivity contribution in [1.82, 2.24) is 9.03 Å². The first-order chi connectivity index (χ1) is 7.24. The standard InChI is InChI=1S/C10H22N2O3S/c1-10(2,3)11-16(14,15)12-6-4-9(8-12)5-7-13/h9,11,13H,4-8H2,1-3H3. The third-order valence-electron chi connectivity index (χ3n) is 2.56. The lowest BCUT2D eigenvalue weighted by Crippen LogP contribution is -2.48. The quantitative estimate of drug-likeness (QED) is 0.755. The van der Waals surface area contributed by atoms with Gasteiger partial charge in [0.15, 0.2) is 0 Å². The molecule has 0 aromatic heterocycles. The minimum Gasteiger partial charge on any atom is -0.396 e. The van der Waals surface area contributed by atoms with Gasteiger partial charge in [-0.2, -0.15) is 17.4 Å². The molecule has 0 aromatic carbocycles. The van der Waals surface area contributed by atoms with Crippen molar-refractivity contribution in [2.75, 3.05) is 19.7 Å². The number of hydrogen-bond acceptors (Lipinski definition) is 3. The number of nitrogens with zero attached hydrogens (tertiary/aromatic N) is 1. The van der Waals surface area contributed by atoms with E-state index in [0.717, 1.165) is 6.42 Å². The SMILES string of the molecule is CC(C)(C)NS(=O)(=O)N1CCC(CCO)C1. The van der Waals surface area contributed by atoms with Crippen molar-refractivity contribution in [3.63, 3.8) is 0 Å². The summed E-state index contributed by atoms with van der Waals surface area (Å²) in [5.41, 5.74) is -0.450. The van der Waals surface area contributed by atoms with Crippen molar-refractivity contribution in [3.05, 3.63) is 0 Å². The molecule has 5 nitrogen and oxygen atoms in total.